The maximum atomic E-state index is 11.6. The Morgan fingerprint density at radius 1 is 1.21 bits per heavy atom. The van der Waals surface area contributed by atoms with Crippen LogP contribution in [0.15, 0.2) is 23.1 Å². The number of rotatable bonds is 3. The fraction of sp³-hybridized carbons (Fsp3) is 0.400. The second-order valence-corrected chi connectivity index (χ2v) is 5.46. The summed E-state index contributed by atoms with van der Waals surface area (Å²) in [6.07, 6.45) is 0. The van der Waals surface area contributed by atoms with Gasteiger partial charge in [-0.3, -0.25) is 0 Å². The Bertz CT molecular complexity index is 424. The lowest BCUT2D eigenvalue weighted by molar-refractivity contribution is 0.596. The number of hydrogen-bond acceptors (Lipinski definition) is 3. The summed E-state index contributed by atoms with van der Waals surface area (Å²) in [4.78, 5) is 0.367. The molecule has 0 aliphatic carbocycles. The Morgan fingerprint density at radius 3 is 2.36 bits per heavy atom. The van der Waals surface area contributed by atoms with Crippen molar-refractivity contribution in [2.75, 3.05) is 12.3 Å². The van der Waals surface area contributed by atoms with Crippen molar-refractivity contribution in [2.24, 2.45) is 5.73 Å². The van der Waals surface area contributed by atoms with Crippen molar-refractivity contribution in [3.8, 4) is 0 Å². The fourth-order valence-corrected chi connectivity index (χ4v) is 2.36. The summed E-state index contributed by atoms with van der Waals surface area (Å²) in [5.41, 5.74) is 7.32. The third-order valence-corrected chi connectivity index (χ3v) is 3.97. The van der Waals surface area contributed by atoms with E-state index in [1.807, 2.05) is 19.9 Å². The monoisotopic (exact) mass is 213 g/mol. The molecule has 1 rings (SSSR count). The van der Waals surface area contributed by atoms with E-state index < -0.39 is 9.84 Å². The van der Waals surface area contributed by atoms with E-state index in [2.05, 4.69) is 0 Å². The number of sulfone groups is 1. The van der Waals surface area contributed by atoms with Gasteiger partial charge < -0.3 is 5.73 Å². The van der Waals surface area contributed by atoms with Crippen molar-refractivity contribution in [1.82, 2.24) is 0 Å². The molecule has 1 aromatic carbocycles. The van der Waals surface area contributed by atoms with Gasteiger partial charge in [-0.2, -0.15) is 0 Å². The summed E-state index contributed by atoms with van der Waals surface area (Å²) >= 11 is 0. The van der Waals surface area contributed by atoms with E-state index in [0.717, 1.165) is 11.1 Å². The van der Waals surface area contributed by atoms with Gasteiger partial charge in [-0.1, -0.05) is 6.07 Å². The van der Waals surface area contributed by atoms with E-state index in [-0.39, 0.29) is 12.3 Å². The molecule has 0 fully saturated rings. The predicted molar refractivity (Wildman–Crippen MR) is 57.0 cm³/mol. The molecular weight excluding hydrogens is 198 g/mol. The van der Waals surface area contributed by atoms with Gasteiger partial charge in [0.1, 0.15) is 0 Å². The van der Waals surface area contributed by atoms with Gasteiger partial charge in [0, 0.05) is 6.54 Å². The van der Waals surface area contributed by atoms with Crippen LogP contribution in [-0.2, 0) is 9.84 Å². The molecule has 0 atom stereocenters. The Balaban J connectivity index is 3.15. The van der Waals surface area contributed by atoms with Gasteiger partial charge in [0.2, 0.25) is 0 Å². The summed E-state index contributed by atoms with van der Waals surface area (Å²) in [5, 5.41) is 0. The van der Waals surface area contributed by atoms with Crippen LogP contribution in [0.4, 0.5) is 0 Å². The molecule has 0 saturated heterocycles. The van der Waals surface area contributed by atoms with Gasteiger partial charge >= 0.3 is 0 Å². The summed E-state index contributed by atoms with van der Waals surface area (Å²) in [6, 6.07) is 5.15. The van der Waals surface area contributed by atoms with Gasteiger partial charge in [0.25, 0.3) is 0 Å². The second-order valence-electron chi connectivity index (χ2n) is 3.35. The smallest absolute Gasteiger partial charge is 0.179 e. The van der Waals surface area contributed by atoms with Crippen LogP contribution >= 0.6 is 0 Å². The largest absolute Gasteiger partial charge is 0.329 e. The lowest BCUT2D eigenvalue weighted by Gasteiger charge is -2.05. The molecule has 1 aromatic rings. The molecule has 0 aromatic heterocycles. The molecule has 0 heterocycles. The molecule has 78 valence electrons. The Hall–Kier alpha value is -0.870. The third kappa shape index (κ3) is 2.33. The van der Waals surface area contributed by atoms with Crippen LogP contribution in [0.25, 0.3) is 0 Å². The molecule has 0 bridgehead atoms. The molecule has 0 saturated carbocycles. The topological polar surface area (TPSA) is 60.2 Å². The summed E-state index contributed by atoms with van der Waals surface area (Å²) < 4.78 is 23.2. The van der Waals surface area contributed by atoms with Crippen molar-refractivity contribution in [1.29, 1.82) is 0 Å². The molecule has 0 aliphatic heterocycles. The van der Waals surface area contributed by atoms with Crippen LogP contribution in [0.1, 0.15) is 11.1 Å². The fourth-order valence-electron chi connectivity index (χ4n) is 1.18. The first-order valence-corrected chi connectivity index (χ1v) is 6.12. The van der Waals surface area contributed by atoms with Crippen LogP contribution in [0, 0.1) is 13.8 Å². The average Bonchev–Trinajstić information content (AvgIpc) is 2.09. The maximum Gasteiger partial charge on any atom is 0.179 e. The van der Waals surface area contributed by atoms with Crippen molar-refractivity contribution in [2.45, 2.75) is 18.7 Å². The molecule has 4 heteroatoms. The number of nitrogens with two attached hydrogens (primary N) is 1. The van der Waals surface area contributed by atoms with Crippen LogP contribution < -0.4 is 5.73 Å². The standard InChI is InChI=1S/C10H15NO2S/c1-8-3-4-10(7-9(8)2)14(12,13)6-5-11/h3-4,7H,5-6,11H2,1-2H3. The average molecular weight is 213 g/mol. The number of benzene rings is 1. The highest BCUT2D eigenvalue weighted by atomic mass is 32.2. The van der Waals surface area contributed by atoms with Gasteiger partial charge in [-0.15, -0.1) is 0 Å². The summed E-state index contributed by atoms with van der Waals surface area (Å²) in [6.45, 7) is 4.01. The minimum Gasteiger partial charge on any atom is -0.329 e. The van der Waals surface area contributed by atoms with Crippen molar-refractivity contribution in [3.05, 3.63) is 29.3 Å². The molecule has 2 N–H and O–H groups in total. The minimum absolute atomic E-state index is 0.00943. The quantitative estimate of drug-likeness (QED) is 0.816. The molecule has 0 aliphatic rings. The van der Waals surface area contributed by atoms with E-state index in [9.17, 15) is 8.42 Å². The predicted octanol–water partition coefficient (Wildman–Crippen LogP) is 1.04. The van der Waals surface area contributed by atoms with Crippen LogP contribution in [-0.4, -0.2) is 20.7 Å². The minimum atomic E-state index is -3.17. The van der Waals surface area contributed by atoms with Crippen LogP contribution in [0.3, 0.4) is 0 Å². The Morgan fingerprint density at radius 2 is 1.86 bits per heavy atom. The molecule has 0 spiro atoms. The van der Waals surface area contributed by atoms with E-state index in [4.69, 9.17) is 5.73 Å². The Labute approximate surface area is 84.9 Å². The zero-order valence-corrected chi connectivity index (χ0v) is 9.26. The third-order valence-electron chi connectivity index (χ3n) is 2.22. The zero-order chi connectivity index (χ0) is 10.8. The number of aryl methyl sites for hydroxylation is 2. The van der Waals surface area contributed by atoms with E-state index in [0.29, 0.717) is 4.90 Å². The molecule has 0 radical (unpaired) electrons. The van der Waals surface area contributed by atoms with Gasteiger partial charge in [0.05, 0.1) is 10.6 Å². The van der Waals surface area contributed by atoms with Crippen LogP contribution in [0.2, 0.25) is 0 Å². The molecule has 0 amide bonds. The Kier molecular flexibility index (Phi) is 3.29. The second kappa shape index (κ2) is 4.11. The summed E-state index contributed by atoms with van der Waals surface area (Å²) in [5.74, 6) is 0.00943. The number of hydrogen-bond donors (Lipinski definition) is 1. The van der Waals surface area contributed by atoms with E-state index in [1.165, 1.54) is 0 Å². The van der Waals surface area contributed by atoms with E-state index in [1.54, 1.807) is 12.1 Å². The van der Waals surface area contributed by atoms with Gasteiger partial charge in [0.15, 0.2) is 9.84 Å². The van der Waals surface area contributed by atoms with Crippen LogP contribution in [0.5, 0.6) is 0 Å². The van der Waals surface area contributed by atoms with Gasteiger partial charge in [-0.05, 0) is 37.1 Å². The zero-order valence-electron chi connectivity index (χ0n) is 8.45. The normalized spacial score (nSPS) is 11.6. The molecular formula is C10H15NO2S. The van der Waals surface area contributed by atoms with Gasteiger partial charge in [-0.25, -0.2) is 8.42 Å². The highest BCUT2D eigenvalue weighted by Crippen LogP contribution is 2.15. The van der Waals surface area contributed by atoms with E-state index >= 15 is 0 Å². The first-order chi connectivity index (χ1) is 6.47. The van der Waals surface area contributed by atoms with Crippen molar-refractivity contribution >= 4 is 9.84 Å². The SMILES string of the molecule is Cc1ccc(S(=O)(=O)CCN)cc1C. The van der Waals surface area contributed by atoms with Crippen molar-refractivity contribution in [3.63, 3.8) is 0 Å². The molecule has 3 nitrogen and oxygen atoms in total. The lowest BCUT2D eigenvalue weighted by atomic mass is 10.1. The maximum absolute atomic E-state index is 11.6. The first-order valence-electron chi connectivity index (χ1n) is 4.47. The molecule has 14 heavy (non-hydrogen) atoms. The molecule has 0 unspecified atom stereocenters. The summed E-state index contributed by atoms with van der Waals surface area (Å²) in [7, 11) is -3.17. The van der Waals surface area contributed by atoms with Crippen molar-refractivity contribution < 1.29 is 8.42 Å². The highest BCUT2D eigenvalue weighted by molar-refractivity contribution is 7.91. The lowest BCUT2D eigenvalue weighted by Crippen LogP contribution is -2.15. The first kappa shape index (κ1) is 11.2. The highest BCUT2D eigenvalue weighted by Gasteiger charge is 2.13.